The average Bonchev–Trinajstić information content (AvgIpc) is 3.39. The zero-order valence-electron chi connectivity index (χ0n) is 19.3. The van der Waals surface area contributed by atoms with Crippen molar-refractivity contribution < 1.29 is 4.74 Å². The number of hydrogen-bond acceptors (Lipinski definition) is 7. The van der Waals surface area contributed by atoms with Gasteiger partial charge in [0.25, 0.3) is 0 Å². The number of aryl methyl sites for hydroxylation is 1. The van der Waals surface area contributed by atoms with E-state index in [1.165, 1.54) is 0 Å². The van der Waals surface area contributed by atoms with Crippen molar-refractivity contribution in [2.24, 2.45) is 5.73 Å². The second kappa shape index (κ2) is 10.5. The van der Waals surface area contributed by atoms with E-state index in [9.17, 15) is 0 Å². The Morgan fingerprint density at radius 2 is 1.74 bits per heavy atom. The number of rotatable bonds is 8. The van der Waals surface area contributed by atoms with Gasteiger partial charge in [-0.2, -0.15) is 0 Å². The van der Waals surface area contributed by atoms with Gasteiger partial charge in [-0.15, -0.1) is 11.3 Å². The minimum atomic E-state index is -0.324. The highest BCUT2D eigenvalue weighted by molar-refractivity contribution is 7.15. The predicted molar refractivity (Wildman–Crippen MR) is 141 cm³/mol. The standard InChI is InChI=1S/C28H25N5OS/c1-19-14-15-30-26(16-19)33-25-9-5-8-23(32-25)24-17-31-28(35-24)27(29)21-10-12-22(13-11-21)34-18-20-6-3-2-4-7-20/h2-17,27H,18,29H2,1H3,(H,30,32,33)/t27-/m1/s1. The van der Waals surface area contributed by atoms with Crippen molar-refractivity contribution in [2.45, 2.75) is 19.6 Å². The van der Waals surface area contributed by atoms with Crippen molar-refractivity contribution in [1.82, 2.24) is 15.0 Å². The number of nitrogens with zero attached hydrogens (tertiary/aromatic N) is 3. The fourth-order valence-corrected chi connectivity index (χ4v) is 4.50. The zero-order valence-corrected chi connectivity index (χ0v) is 20.1. The molecule has 0 aliphatic heterocycles. The molecular formula is C28H25N5OS. The first-order valence-corrected chi connectivity index (χ1v) is 12.1. The number of hydrogen-bond donors (Lipinski definition) is 2. The van der Waals surface area contributed by atoms with Crippen LogP contribution in [0.25, 0.3) is 10.6 Å². The molecule has 0 unspecified atom stereocenters. The van der Waals surface area contributed by atoms with Gasteiger partial charge in [-0.3, -0.25) is 0 Å². The lowest BCUT2D eigenvalue weighted by Gasteiger charge is -2.11. The molecule has 174 valence electrons. The molecule has 3 N–H and O–H groups in total. The Morgan fingerprint density at radius 1 is 0.914 bits per heavy atom. The summed E-state index contributed by atoms with van der Waals surface area (Å²) < 4.78 is 5.88. The van der Waals surface area contributed by atoms with Gasteiger partial charge in [0.1, 0.15) is 29.0 Å². The summed E-state index contributed by atoms with van der Waals surface area (Å²) in [6, 6.07) is 27.4. The van der Waals surface area contributed by atoms with Gasteiger partial charge in [-0.05, 0) is 60.0 Å². The first-order valence-electron chi connectivity index (χ1n) is 11.3. The molecule has 35 heavy (non-hydrogen) atoms. The van der Waals surface area contributed by atoms with Gasteiger partial charge in [0, 0.05) is 12.4 Å². The van der Waals surface area contributed by atoms with Crippen molar-refractivity contribution >= 4 is 23.0 Å². The molecule has 0 amide bonds. The molecule has 0 saturated carbocycles. The average molecular weight is 480 g/mol. The minimum Gasteiger partial charge on any atom is -0.489 e. The molecule has 2 aromatic carbocycles. The first-order chi connectivity index (χ1) is 17.1. The summed E-state index contributed by atoms with van der Waals surface area (Å²) in [5.74, 6) is 2.30. The Hall–Kier alpha value is -4.07. The number of benzene rings is 2. The molecule has 0 saturated heterocycles. The predicted octanol–water partition coefficient (Wildman–Crippen LogP) is 6.28. The largest absolute Gasteiger partial charge is 0.489 e. The van der Waals surface area contributed by atoms with E-state index in [2.05, 4.69) is 15.3 Å². The van der Waals surface area contributed by atoms with Crippen LogP contribution >= 0.6 is 11.3 Å². The third-order valence-corrected chi connectivity index (χ3v) is 6.55. The highest BCUT2D eigenvalue weighted by atomic mass is 32.1. The zero-order chi connectivity index (χ0) is 24.0. The van der Waals surface area contributed by atoms with Crippen LogP contribution < -0.4 is 15.8 Å². The van der Waals surface area contributed by atoms with Crippen LogP contribution in [0.15, 0.2) is 97.3 Å². The van der Waals surface area contributed by atoms with Crippen molar-refractivity contribution in [1.29, 1.82) is 0 Å². The lowest BCUT2D eigenvalue weighted by molar-refractivity contribution is 0.306. The van der Waals surface area contributed by atoms with Gasteiger partial charge < -0.3 is 15.8 Å². The molecule has 0 fully saturated rings. The number of nitrogens with two attached hydrogens (primary N) is 1. The molecule has 7 heteroatoms. The summed E-state index contributed by atoms with van der Waals surface area (Å²) >= 11 is 1.54. The van der Waals surface area contributed by atoms with Crippen LogP contribution in [-0.2, 0) is 6.61 Å². The fourth-order valence-electron chi connectivity index (χ4n) is 3.58. The molecular weight excluding hydrogens is 454 g/mol. The van der Waals surface area contributed by atoms with Gasteiger partial charge in [0.15, 0.2) is 0 Å². The van der Waals surface area contributed by atoms with Crippen molar-refractivity contribution in [3.8, 4) is 16.3 Å². The SMILES string of the molecule is Cc1ccnc(Nc2cccc(-c3cnc([C@H](N)c4ccc(OCc5ccccc5)cc4)s3)n2)c1. The Kier molecular flexibility index (Phi) is 6.79. The smallest absolute Gasteiger partial charge is 0.132 e. The Balaban J connectivity index is 1.26. The molecule has 0 spiro atoms. The number of pyridine rings is 2. The van der Waals surface area contributed by atoms with Crippen LogP contribution in [0.3, 0.4) is 0 Å². The molecule has 0 radical (unpaired) electrons. The van der Waals surface area contributed by atoms with E-state index in [0.29, 0.717) is 6.61 Å². The Morgan fingerprint density at radius 3 is 2.54 bits per heavy atom. The maximum Gasteiger partial charge on any atom is 0.132 e. The van der Waals surface area contributed by atoms with E-state index < -0.39 is 0 Å². The van der Waals surface area contributed by atoms with Gasteiger partial charge in [-0.25, -0.2) is 15.0 Å². The molecule has 5 aromatic rings. The summed E-state index contributed by atoms with van der Waals surface area (Å²) in [5.41, 5.74) is 10.6. The van der Waals surface area contributed by atoms with Crippen molar-refractivity contribution in [3.63, 3.8) is 0 Å². The second-order valence-electron chi connectivity index (χ2n) is 8.14. The number of nitrogens with one attached hydrogen (secondary N) is 1. The summed E-state index contributed by atoms with van der Waals surface area (Å²) in [6.45, 7) is 2.56. The van der Waals surface area contributed by atoms with Crippen LogP contribution in [-0.4, -0.2) is 15.0 Å². The minimum absolute atomic E-state index is 0.324. The molecule has 3 aromatic heterocycles. The van der Waals surface area contributed by atoms with E-state index in [0.717, 1.165) is 49.7 Å². The third-order valence-electron chi connectivity index (χ3n) is 5.45. The number of anilines is 2. The Bertz CT molecular complexity index is 1400. The van der Waals surface area contributed by atoms with E-state index in [-0.39, 0.29) is 6.04 Å². The van der Waals surface area contributed by atoms with E-state index in [1.807, 2.05) is 98.0 Å². The van der Waals surface area contributed by atoms with E-state index in [4.69, 9.17) is 15.5 Å². The lowest BCUT2D eigenvalue weighted by Crippen LogP contribution is -2.11. The van der Waals surface area contributed by atoms with Crippen LogP contribution in [0.4, 0.5) is 11.6 Å². The highest BCUT2D eigenvalue weighted by Gasteiger charge is 2.15. The fraction of sp³-hybridized carbons (Fsp3) is 0.107. The van der Waals surface area contributed by atoms with Crippen LogP contribution in [0.5, 0.6) is 5.75 Å². The van der Waals surface area contributed by atoms with Crippen LogP contribution in [0.1, 0.15) is 27.7 Å². The first kappa shape index (κ1) is 22.7. The van der Waals surface area contributed by atoms with Crippen LogP contribution in [0.2, 0.25) is 0 Å². The van der Waals surface area contributed by atoms with E-state index >= 15 is 0 Å². The molecule has 1 atom stereocenters. The second-order valence-corrected chi connectivity index (χ2v) is 9.20. The molecule has 6 nitrogen and oxygen atoms in total. The molecule has 0 aliphatic carbocycles. The Labute approximate surface area is 208 Å². The maximum absolute atomic E-state index is 6.54. The molecule has 0 bridgehead atoms. The summed E-state index contributed by atoms with van der Waals surface area (Å²) in [6.07, 6.45) is 3.61. The molecule has 0 aliphatic rings. The number of thiazole rings is 1. The summed E-state index contributed by atoms with van der Waals surface area (Å²) in [5, 5.41) is 4.09. The normalized spacial score (nSPS) is 11.7. The van der Waals surface area contributed by atoms with Gasteiger partial charge in [-0.1, -0.05) is 48.5 Å². The summed E-state index contributed by atoms with van der Waals surface area (Å²) in [7, 11) is 0. The number of aromatic nitrogens is 3. The maximum atomic E-state index is 6.54. The van der Waals surface area contributed by atoms with Gasteiger partial charge in [0.2, 0.25) is 0 Å². The van der Waals surface area contributed by atoms with Crippen molar-refractivity contribution in [2.75, 3.05) is 5.32 Å². The van der Waals surface area contributed by atoms with Gasteiger partial charge in [0.05, 0.1) is 16.6 Å². The number of ether oxygens (including phenoxy) is 1. The third kappa shape index (κ3) is 5.71. The highest BCUT2D eigenvalue weighted by Crippen LogP contribution is 2.31. The molecule has 3 heterocycles. The lowest BCUT2D eigenvalue weighted by atomic mass is 10.1. The van der Waals surface area contributed by atoms with Crippen molar-refractivity contribution in [3.05, 3.63) is 119 Å². The quantitative estimate of drug-likeness (QED) is 0.272. The molecule has 5 rings (SSSR count). The monoisotopic (exact) mass is 479 g/mol. The van der Waals surface area contributed by atoms with E-state index in [1.54, 1.807) is 17.5 Å². The van der Waals surface area contributed by atoms with Crippen LogP contribution in [0, 0.1) is 6.92 Å². The topological polar surface area (TPSA) is 86.0 Å². The van der Waals surface area contributed by atoms with Gasteiger partial charge >= 0.3 is 0 Å². The summed E-state index contributed by atoms with van der Waals surface area (Å²) in [4.78, 5) is 14.6.